The predicted octanol–water partition coefficient (Wildman–Crippen LogP) is 4.04. The van der Waals surface area contributed by atoms with E-state index in [9.17, 15) is 5.26 Å². The summed E-state index contributed by atoms with van der Waals surface area (Å²) in [5.41, 5.74) is 1.65. The Hall–Kier alpha value is -2.32. The third-order valence-electron chi connectivity index (χ3n) is 4.14. The van der Waals surface area contributed by atoms with Crippen molar-refractivity contribution in [3.63, 3.8) is 0 Å². The zero-order chi connectivity index (χ0) is 16.9. The van der Waals surface area contributed by atoms with E-state index < -0.39 is 0 Å². The summed E-state index contributed by atoms with van der Waals surface area (Å²) in [7, 11) is 0. The molecule has 1 aromatic heterocycles. The van der Waals surface area contributed by atoms with Gasteiger partial charge in [-0.2, -0.15) is 5.26 Å². The molecule has 0 spiro atoms. The van der Waals surface area contributed by atoms with E-state index in [2.05, 4.69) is 28.5 Å². The number of oxazole rings is 1. The normalized spacial score (nSPS) is 19.2. The summed E-state index contributed by atoms with van der Waals surface area (Å²) < 4.78 is 11.3. The van der Waals surface area contributed by atoms with Crippen LogP contribution < -0.4 is 5.32 Å². The van der Waals surface area contributed by atoms with Crippen LogP contribution in [0.2, 0.25) is 0 Å². The van der Waals surface area contributed by atoms with E-state index >= 15 is 0 Å². The molecule has 1 aromatic carbocycles. The number of hydrogen-bond acceptors (Lipinski definition) is 5. The molecule has 0 radical (unpaired) electrons. The molecule has 2 atom stereocenters. The maximum absolute atomic E-state index is 9.26. The molecule has 2 aromatic rings. The van der Waals surface area contributed by atoms with Crippen LogP contribution in [0.25, 0.3) is 0 Å². The van der Waals surface area contributed by atoms with Crippen LogP contribution in [0.5, 0.6) is 0 Å². The molecule has 5 nitrogen and oxygen atoms in total. The second kappa shape index (κ2) is 7.50. The van der Waals surface area contributed by atoms with Gasteiger partial charge in [0.1, 0.15) is 6.07 Å². The van der Waals surface area contributed by atoms with Gasteiger partial charge in [-0.3, -0.25) is 0 Å². The summed E-state index contributed by atoms with van der Waals surface area (Å²) in [6.07, 6.45) is 2.12. The van der Waals surface area contributed by atoms with Gasteiger partial charge in [0, 0.05) is 19.1 Å². The Morgan fingerprint density at radius 2 is 2.12 bits per heavy atom. The van der Waals surface area contributed by atoms with Crippen molar-refractivity contribution >= 4 is 5.88 Å². The second-order valence-corrected chi connectivity index (χ2v) is 6.40. The zero-order valence-corrected chi connectivity index (χ0v) is 14.2. The molecule has 1 fully saturated rings. The SMILES string of the molecule is CC(C)OCCCNc1oc(C2CC2c2ccccc2)nc1C#N. The first-order valence-corrected chi connectivity index (χ1v) is 8.50. The molecule has 1 aliphatic rings. The van der Waals surface area contributed by atoms with Gasteiger partial charge < -0.3 is 14.5 Å². The van der Waals surface area contributed by atoms with Crippen LogP contribution in [0.3, 0.4) is 0 Å². The van der Waals surface area contributed by atoms with Crippen molar-refractivity contribution in [1.29, 1.82) is 5.26 Å². The molecule has 5 heteroatoms. The van der Waals surface area contributed by atoms with E-state index in [0.29, 0.717) is 36.5 Å². The lowest BCUT2D eigenvalue weighted by Gasteiger charge is -2.07. The molecule has 24 heavy (non-hydrogen) atoms. The quantitative estimate of drug-likeness (QED) is 0.742. The first-order chi connectivity index (χ1) is 11.7. The number of aromatic nitrogens is 1. The molecule has 3 rings (SSSR count). The monoisotopic (exact) mass is 325 g/mol. The minimum atomic E-state index is 0.237. The summed E-state index contributed by atoms with van der Waals surface area (Å²) in [6, 6.07) is 12.5. The highest BCUT2D eigenvalue weighted by atomic mass is 16.5. The lowest BCUT2D eigenvalue weighted by Crippen LogP contribution is -2.09. The number of anilines is 1. The number of benzene rings is 1. The fourth-order valence-corrected chi connectivity index (χ4v) is 2.82. The molecular weight excluding hydrogens is 302 g/mol. The van der Waals surface area contributed by atoms with Crippen LogP contribution in [0.4, 0.5) is 5.88 Å². The topological polar surface area (TPSA) is 71.1 Å². The molecule has 0 bridgehead atoms. The van der Waals surface area contributed by atoms with Gasteiger partial charge in [-0.15, -0.1) is 0 Å². The number of nitriles is 1. The van der Waals surface area contributed by atoms with Crippen LogP contribution >= 0.6 is 0 Å². The summed E-state index contributed by atoms with van der Waals surface area (Å²) in [5, 5.41) is 12.4. The Labute approximate surface area is 142 Å². The van der Waals surface area contributed by atoms with Crippen molar-refractivity contribution in [3.8, 4) is 6.07 Å². The zero-order valence-electron chi connectivity index (χ0n) is 14.2. The minimum absolute atomic E-state index is 0.237. The number of nitrogens with one attached hydrogen (secondary N) is 1. The van der Waals surface area contributed by atoms with Crippen LogP contribution in [0.15, 0.2) is 34.7 Å². The third kappa shape index (κ3) is 3.95. The molecule has 2 unspecified atom stereocenters. The molecule has 126 valence electrons. The highest BCUT2D eigenvalue weighted by Crippen LogP contribution is 2.54. The largest absolute Gasteiger partial charge is 0.424 e. The van der Waals surface area contributed by atoms with Gasteiger partial charge in [0.2, 0.25) is 17.5 Å². The van der Waals surface area contributed by atoms with E-state index in [1.165, 1.54) is 5.56 Å². The Morgan fingerprint density at radius 3 is 2.83 bits per heavy atom. The Morgan fingerprint density at radius 1 is 1.33 bits per heavy atom. The van der Waals surface area contributed by atoms with Gasteiger partial charge in [-0.25, -0.2) is 4.98 Å². The molecule has 1 heterocycles. The lowest BCUT2D eigenvalue weighted by atomic mass is 10.1. The fourth-order valence-electron chi connectivity index (χ4n) is 2.82. The fraction of sp³-hybridized carbons (Fsp3) is 0.474. The van der Waals surface area contributed by atoms with Crippen LogP contribution in [0.1, 0.15) is 55.7 Å². The summed E-state index contributed by atoms with van der Waals surface area (Å²) in [4.78, 5) is 4.37. The van der Waals surface area contributed by atoms with E-state index in [-0.39, 0.29) is 12.0 Å². The smallest absolute Gasteiger partial charge is 0.232 e. The van der Waals surface area contributed by atoms with Gasteiger partial charge in [-0.1, -0.05) is 30.3 Å². The molecule has 0 saturated heterocycles. The van der Waals surface area contributed by atoms with Crippen molar-refractivity contribution in [1.82, 2.24) is 4.98 Å². The van der Waals surface area contributed by atoms with Crippen LogP contribution in [-0.4, -0.2) is 24.2 Å². The van der Waals surface area contributed by atoms with E-state index in [0.717, 1.165) is 12.8 Å². The maximum atomic E-state index is 9.26. The Balaban J connectivity index is 1.57. The van der Waals surface area contributed by atoms with Crippen molar-refractivity contribution in [2.75, 3.05) is 18.5 Å². The van der Waals surface area contributed by atoms with Gasteiger partial charge in [0.15, 0.2) is 0 Å². The van der Waals surface area contributed by atoms with Gasteiger partial charge >= 0.3 is 0 Å². The van der Waals surface area contributed by atoms with Crippen LogP contribution in [-0.2, 0) is 4.74 Å². The predicted molar refractivity (Wildman–Crippen MR) is 92.0 cm³/mol. The summed E-state index contributed by atoms with van der Waals surface area (Å²) in [5.74, 6) is 1.88. The molecule has 0 aliphatic heterocycles. The average Bonchev–Trinajstić information content (AvgIpc) is 3.29. The average molecular weight is 325 g/mol. The number of nitrogens with zero attached hydrogens (tertiary/aromatic N) is 2. The Kier molecular flexibility index (Phi) is 5.17. The Bertz CT molecular complexity index is 703. The van der Waals surface area contributed by atoms with Gasteiger partial charge in [-0.05, 0) is 38.2 Å². The van der Waals surface area contributed by atoms with Crippen LogP contribution in [0, 0.1) is 11.3 Å². The molecule has 1 N–H and O–H groups in total. The first kappa shape index (κ1) is 16.5. The van der Waals surface area contributed by atoms with E-state index in [1.54, 1.807) is 0 Å². The van der Waals surface area contributed by atoms with Crippen molar-refractivity contribution in [3.05, 3.63) is 47.5 Å². The summed E-state index contributed by atoms with van der Waals surface area (Å²) >= 11 is 0. The maximum Gasteiger partial charge on any atom is 0.232 e. The summed E-state index contributed by atoms with van der Waals surface area (Å²) in [6.45, 7) is 5.42. The lowest BCUT2D eigenvalue weighted by molar-refractivity contribution is 0.0786. The van der Waals surface area contributed by atoms with E-state index in [4.69, 9.17) is 9.15 Å². The van der Waals surface area contributed by atoms with Crippen molar-refractivity contribution in [2.24, 2.45) is 0 Å². The number of ether oxygens (including phenoxy) is 1. The highest BCUT2D eigenvalue weighted by Gasteiger charge is 2.43. The van der Waals surface area contributed by atoms with Crippen molar-refractivity contribution < 1.29 is 9.15 Å². The first-order valence-electron chi connectivity index (χ1n) is 8.50. The van der Waals surface area contributed by atoms with Gasteiger partial charge in [0.05, 0.1) is 6.10 Å². The number of rotatable bonds is 8. The highest BCUT2D eigenvalue weighted by molar-refractivity contribution is 5.46. The second-order valence-electron chi connectivity index (χ2n) is 6.40. The molecule has 1 aliphatic carbocycles. The number of hydrogen-bond donors (Lipinski definition) is 1. The molecule has 0 amide bonds. The molecular formula is C19H23N3O2. The standard InChI is InChI=1S/C19H23N3O2/c1-13(2)23-10-6-9-21-19-17(12-20)22-18(24-19)16-11-15(16)14-7-4-3-5-8-14/h3-5,7-8,13,15-16,21H,6,9-11H2,1-2H3. The third-order valence-corrected chi connectivity index (χ3v) is 4.14. The van der Waals surface area contributed by atoms with Gasteiger partial charge in [0.25, 0.3) is 0 Å². The molecule has 1 saturated carbocycles. The minimum Gasteiger partial charge on any atom is -0.424 e. The van der Waals surface area contributed by atoms with E-state index in [1.807, 2.05) is 32.0 Å². The van der Waals surface area contributed by atoms with Crippen molar-refractivity contribution in [2.45, 2.75) is 44.6 Å².